The molecular weight excluding hydrogens is 643 g/mol. The molecule has 1 fully saturated rings. The predicted octanol–water partition coefficient (Wildman–Crippen LogP) is 2.02. The number of nitrogens with zero attached hydrogens (tertiary/aromatic N) is 4. The van der Waals surface area contributed by atoms with E-state index in [0.29, 0.717) is 10.8 Å². The highest BCUT2D eigenvalue weighted by atomic mass is 31.2. The zero-order chi connectivity index (χ0) is 34.2. The van der Waals surface area contributed by atoms with Gasteiger partial charge in [-0.15, -0.1) is 0 Å². The number of carbonyl (C=O) groups excluding carboxylic acids is 2. The van der Waals surface area contributed by atoms with Crippen LogP contribution in [0.4, 0.5) is 0 Å². The number of nitrogens with one attached hydrogen (secondary N) is 2. The van der Waals surface area contributed by atoms with E-state index in [2.05, 4.69) is 15.1 Å². The fourth-order valence-electron chi connectivity index (χ4n) is 4.76. The molecule has 19 heteroatoms. The number of aromatic nitrogens is 2. The van der Waals surface area contributed by atoms with Crippen molar-refractivity contribution in [3.63, 3.8) is 0 Å². The number of azide groups is 1. The number of aromatic amines is 1. The quantitative estimate of drug-likeness (QED) is 0.0592. The summed E-state index contributed by atoms with van der Waals surface area (Å²) in [6.45, 7) is 2.11. The number of ether oxygens (including phenoxy) is 3. The second kappa shape index (κ2) is 15.4. The Morgan fingerprint density at radius 2 is 1.87 bits per heavy atom. The summed E-state index contributed by atoms with van der Waals surface area (Å²) < 4.78 is 42.6. The average molecular weight is 677 g/mol. The van der Waals surface area contributed by atoms with Crippen molar-refractivity contribution in [2.45, 2.75) is 56.9 Å². The molecule has 2 heterocycles. The van der Waals surface area contributed by atoms with Gasteiger partial charge in [-0.2, -0.15) is 5.09 Å². The minimum atomic E-state index is -4.80. The van der Waals surface area contributed by atoms with E-state index in [1.807, 2.05) is 4.98 Å². The van der Waals surface area contributed by atoms with Gasteiger partial charge < -0.3 is 28.9 Å². The lowest BCUT2D eigenvalue weighted by molar-refractivity contribution is -0.146. The molecule has 18 nitrogen and oxygen atoms in total. The van der Waals surface area contributed by atoms with E-state index in [1.54, 1.807) is 50.2 Å². The summed E-state index contributed by atoms with van der Waals surface area (Å²) in [5.41, 5.74) is 5.08. The second-order valence-corrected chi connectivity index (χ2v) is 11.8. The molecule has 1 unspecified atom stereocenters. The Morgan fingerprint density at radius 3 is 2.57 bits per heavy atom. The number of hydrogen-bond acceptors (Lipinski definition) is 13. The Morgan fingerprint density at radius 1 is 1.15 bits per heavy atom. The van der Waals surface area contributed by atoms with Gasteiger partial charge in [0, 0.05) is 29.0 Å². The molecule has 0 saturated carbocycles. The van der Waals surface area contributed by atoms with Gasteiger partial charge in [0.05, 0.1) is 19.8 Å². The van der Waals surface area contributed by atoms with Crippen molar-refractivity contribution in [3.05, 3.63) is 86.0 Å². The highest BCUT2D eigenvalue weighted by molar-refractivity contribution is 7.52. The van der Waals surface area contributed by atoms with Gasteiger partial charge in [0.15, 0.2) is 6.23 Å². The Hall–Kier alpha value is -4.54. The van der Waals surface area contributed by atoms with Crippen LogP contribution in [0.15, 0.2) is 69.4 Å². The summed E-state index contributed by atoms with van der Waals surface area (Å²) in [4.78, 5) is 53.7. The van der Waals surface area contributed by atoms with Crippen LogP contribution in [0.3, 0.4) is 0 Å². The molecule has 1 aromatic heterocycles. The first-order valence-corrected chi connectivity index (χ1v) is 15.9. The topological polar surface area (TPSA) is 253 Å². The second-order valence-electron chi connectivity index (χ2n) is 10.1. The lowest BCUT2D eigenvalue weighted by Gasteiger charge is -2.30. The van der Waals surface area contributed by atoms with Crippen LogP contribution in [-0.2, 0) is 32.9 Å². The van der Waals surface area contributed by atoms with E-state index >= 15 is 0 Å². The smallest absolute Gasteiger partial charge is 0.459 e. The summed E-state index contributed by atoms with van der Waals surface area (Å²) in [5.74, 6) is -1.51. The fourth-order valence-corrected chi connectivity index (χ4v) is 6.33. The van der Waals surface area contributed by atoms with Crippen molar-refractivity contribution < 1.29 is 47.6 Å². The number of hydrogen-bond donors (Lipinski definition) is 4. The van der Waals surface area contributed by atoms with Crippen molar-refractivity contribution in [1.82, 2.24) is 14.6 Å². The third kappa shape index (κ3) is 8.25. The van der Waals surface area contributed by atoms with Gasteiger partial charge in [0.25, 0.3) is 5.56 Å². The van der Waals surface area contributed by atoms with Crippen LogP contribution in [0, 0.1) is 0 Å². The Labute approximate surface area is 266 Å². The summed E-state index contributed by atoms with van der Waals surface area (Å²) in [6.07, 6.45) is -5.26. The molecule has 1 aliphatic rings. The fraction of sp³-hybridized carbons (Fsp3) is 0.429. The number of aliphatic hydroxyl groups excluding tert-OH is 2. The number of H-pyrrole nitrogens is 1. The monoisotopic (exact) mass is 676 g/mol. The molecule has 252 valence electrons. The number of esters is 2. The number of benzene rings is 2. The van der Waals surface area contributed by atoms with E-state index < -0.39 is 67.7 Å². The summed E-state index contributed by atoms with van der Waals surface area (Å²) >= 11 is 0. The predicted molar refractivity (Wildman–Crippen MR) is 163 cm³/mol. The minimum Gasteiger partial charge on any atom is -0.466 e. The zero-order valence-electron chi connectivity index (χ0n) is 25.3. The van der Waals surface area contributed by atoms with Gasteiger partial charge in [-0.05, 0) is 37.3 Å². The van der Waals surface area contributed by atoms with Gasteiger partial charge >= 0.3 is 25.4 Å². The Kier molecular flexibility index (Phi) is 11.5. The zero-order valence-corrected chi connectivity index (χ0v) is 26.1. The van der Waals surface area contributed by atoms with Gasteiger partial charge in [0.1, 0.15) is 24.0 Å². The lowest BCUT2D eigenvalue weighted by atomic mass is 10.1. The summed E-state index contributed by atoms with van der Waals surface area (Å²) in [5, 5.41) is 29.0. The number of fused-ring (bicyclic) bond motifs is 1. The van der Waals surface area contributed by atoms with Crippen molar-refractivity contribution >= 4 is 30.5 Å². The Bertz CT molecular complexity index is 1800. The van der Waals surface area contributed by atoms with E-state index in [9.17, 15) is 39.5 Å². The molecule has 0 amide bonds. The largest absolute Gasteiger partial charge is 0.466 e. The molecule has 1 saturated heterocycles. The van der Waals surface area contributed by atoms with Crippen LogP contribution < -0.4 is 20.9 Å². The van der Waals surface area contributed by atoms with Gasteiger partial charge in [0.2, 0.25) is 5.72 Å². The van der Waals surface area contributed by atoms with Crippen LogP contribution in [0.2, 0.25) is 0 Å². The molecule has 1 aliphatic heterocycles. The van der Waals surface area contributed by atoms with E-state index in [1.165, 1.54) is 6.07 Å². The lowest BCUT2D eigenvalue weighted by Crippen LogP contribution is -2.46. The van der Waals surface area contributed by atoms with Crippen LogP contribution >= 0.6 is 7.75 Å². The molecule has 6 atom stereocenters. The van der Waals surface area contributed by atoms with E-state index in [4.69, 9.17) is 23.3 Å². The average Bonchev–Trinajstić information content (AvgIpc) is 3.28. The van der Waals surface area contributed by atoms with Crippen molar-refractivity contribution in [2.75, 3.05) is 19.8 Å². The normalized spacial score (nSPS) is 22.5. The first-order valence-electron chi connectivity index (χ1n) is 14.4. The highest BCUT2D eigenvalue weighted by Gasteiger charge is 2.56. The van der Waals surface area contributed by atoms with Gasteiger partial charge in [-0.3, -0.25) is 28.5 Å². The first-order chi connectivity index (χ1) is 22.5. The van der Waals surface area contributed by atoms with Crippen molar-refractivity contribution in [3.8, 4) is 5.75 Å². The SMILES string of the molecule is CCOC(=O)CC[C@H](NP(=O)(OC[C@@]1(N=[N+]=[N-])O[C@@H](n2ccc(=O)[nH]c2=O)[C@H](O)[C@@H]1O)Oc1cccc2ccccc12)C(=O)OCC. The molecule has 0 aliphatic carbocycles. The van der Waals surface area contributed by atoms with Crippen molar-refractivity contribution in [2.24, 2.45) is 5.11 Å². The molecule has 47 heavy (non-hydrogen) atoms. The first kappa shape index (κ1) is 35.3. The van der Waals surface area contributed by atoms with Crippen LogP contribution in [0.1, 0.15) is 32.9 Å². The minimum absolute atomic E-state index is 0.0374. The Balaban J connectivity index is 1.71. The van der Waals surface area contributed by atoms with Gasteiger partial charge in [-0.1, -0.05) is 41.5 Å². The molecule has 2 aromatic carbocycles. The maximum atomic E-state index is 14.5. The van der Waals surface area contributed by atoms with Crippen molar-refractivity contribution in [1.29, 1.82) is 0 Å². The van der Waals surface area contributed by atoms with Gasteiger partial charge in [-0.25, -0.2) is 9.36 Å². The highest BCUT2D eigenvalue weighted by Crippen LogP contribution is 2.49. The van der Waals surface area contributed by atoms with E-state index in [0.717, 1.165) is 16.8 Å². The molecule has 4 rings (SSSR count). The molecule has 0 spiro atoms. The molecule has 0 radical (unpaired) electrons. The molecular formula is C28H33N6O12P. The maximum Gasteiger partial charge on any atom is 0.459 e. The van der Waals surface area contributed by atoms with Crippen LogP contribution in [-0.4, -0.2) is 75.5 Å². The summed E-state index contributed by atoms with van der Waals surface area (Å²) in [6, 6.07) is 11.3. The number of aliphatic hydroxyl groups is 2. The van der Waals surface area contributed by atoms with Crippen LogP contribution in [0.5, 0.6) is 5.75 Å². The van der Waals surface area contributed by atoms with E-state index in [-0.39, 0.29) is 31.8 Å². The summed E-state index contributed by atoms with van der Waals surface area (Å²) in [7, 11) is -4.80. The molecule has 4 N–H and O–H groups in total. The van der Waals surface area contributed by atoms with Crippen LogP contribution in [0.25, 0.3) is 21.2 Å². The third-order valence-corrected chi connectivity index (χ3v) is 8.51. The molecule has 0 bridgehead atoms. The number of rotatable bonds is 15. The third-order valence-electron chi connectivity index (χ3n) is 6.98. The standard InChI is InChI=1S/C28H33N6O12P/c1-3-42-22(36)13-12-19(26(39)43-4-2)31-47(41,46-20-11-7-9-17-8-5-6-10-18(17)20)44-16-28(32-33-29)24(38)23(37)25(45-28)34-15-14-21(35)30-27(34)40/h5-11,14-15,19,23-25,37-38H,3-4,12-13,16H2,1-2H3,(H,31,41)(H,30,35,40)/t19-,23+,24-,25+,28+,47?/m0/s1. The number of carbonyl (C=O) groups is 2. The molecule has 3 aromatic rings. The maximum absolute atomic E-state index is 14.5.